The maximum Gasteiger partial charge on any atom is 0.251 e. The van der Waals surface area contributed by atoms with Gasteiger partial charge in [0.05, 0.1) is 18.8 Å². The molecule has 0 fully saturated rings. The van der Waals surface area contributed by atoms with Crippen molar-refractivity contribution < 1.29 is 14.4 Å². The third-order valence-electron chi connectivity index (χ3n) is 4.76. The molecule has 2 amide bonds. The molecule has 2 aromatic carbocycles. The Hall–Kier alpha value is -3.21. The first kappa shape index (κ1) is 19.5. The van der Waals surface area contributed by atoms with Crippen molar-refractivity contribution in [3.05, 3.63) is 64.7 Å². The highest BCUT2D eigenvalue weighted by Gasteiger charge is 2.19. The molecule has 0 saturated carbocycles. The molecule has 3 rings (SSSR count). The average molecular weight is 376 g/mol. The number of fused-ring (bicyclic) bond motifs is 2. The van der Waals surface area contributed by atoms with Crippen molar-refractivity contribution in [1.29, 1.82) is 0 Å². The van der Waals surface area contributed by atoms with E-state index in [2.05, 4.69) is 5.32 Å². The average Bonchev–Trinajstić information content (AvgIpc) is 2.67. The number of nitrogens with zero attached hydrogens (tertiary/aromatic N) is 1. The molecule has 0 atom stereocenters. The number of hydrogen-bond acceptors (Lipinski definition) is 3. The van der Waals surface area contributed by atoms with Crippen LogP contribution in [0.5, 0.6) is 0 Å². The van der Waals surface area contributed by atoms with Gasteiger partial charge in [0.1, 0.15) is 0 Å². The summed E-state index contributed by atoms with van der Waals surface area (Å²) >= 11 is 0. The topological polar surface area (TPSA) is 66.5 Å². The van der Waals surface area contributed by atoms with E-state index in [0.717, 1.165) is 28.8 Å². The minimum absolute atomic E-state index is 0.0238. The van der Waals surface area contributed by atoms with Crippen molar-refractivity contribution in [2.75, 3.05) is 11.4 Å². The molecule has 1 N–H and O–H groups in total. The van der Waals surface area contributed by atoms with Crippen LogP contribution in [0.1, 0.15) is 53.7 Å². The van der Waals surface area contributed by atoms with Crippen molar-refractivity contribution in [2.24, 2.45) is 0 Å². The number of ketones is 1. The molecule has 0 aromatic heterocycles. The van der Waals surface area contributed by atoms with Crippen LogP contribution in [-0.2, 0) is 16.1 Å². The Balaban J connectivity index is 1.89. The van der Waals surface area contributed by atoms with Gasteiger partial charge in [-0.25, -0.2) is 0 Å². The fourth-order valence-corrected chi connectivity index (χ4v) is 3.27. The molecule has 0 aliphatic carbocycles. The molecule has 5 heteroatoms. The molecule has 0 unspecified atom stereocenters. The van der Waals surface area contributed by atoms with Crippen LogP contribution >= 0.6 is 0 Å². The molecule has 1 aliphatic rings. The highest BCUT2D eigenvalue weighted by molar-refractivity contribution is 5.99. The van der Waals surface area contributed by atoms with Gasteiger partial charge in [-0.15, -0.1) is 0 Å². The second-order valence-corrected chi connectivity index (χ2v) is 6.88. The smallest absolute Gasteiger partial charge is 0.251 e. The summed E-state index contributed by atoms with van der Waals surface area (Å²) in [6.07, 6.45) is 5.15. The van der Waals surface area contributed by atoms with Crippen LogP contribution in [0.15, 0.2) is 42.5 Å². The lowest BCUT2D eigenvalue weighted by Gasteiger charge is -2.26. The van der Waals surface area contributed by atoms with E-state index in [9.17, 15) is 14.4 Å². The molecule has 28 heavy (non-hydrogen) atoms. The third kappa shape index (κ3) is 4.36. The molecule has 0 spiro atoms. The number of rotatable bonds is 5. The van der Waals surface area contributed by atoms with E-state index in [-0.39, 0.29) is 24.1 Å². The van der Waals surface area contributed by atoms with Crippen LogP contribution < -0.4 is 10.2 Å². The zero-order valence-corrected chi connectivity index (χ0v) is 16.2. The van der Waals surface area contributed by atoms with Crippen LogP contribution in [-0.4, -0.2) is 24.1 Å². The van der Waals surface area contributed by atoms with E-state index < -0.39 is 0 Å². The van der Waals surface area contributed by atoms with Gasteiger partial charge in [-0.3, -0.25) is 14.4 Å². The van der Waals surface area contributed by atoms with Gasteiger partial charge in [0.15, 0.2) is 5.78 Å². The third-order valence-corrected chi connectivity index (χ3v) is 4.76. The molecule has 0 radical (unpaired) electrons. The maximum atomic E-state index is 12.4. The highest BCUT2D eigenvalue weighted by Crippen LogP contribution is 2.29. The summed E-state index contributed by atoms with van der Waals surface area (Å²) < 4.78 is 0. The largest absolute Gasteiger partial charge is 0.345 e. The summed E-state index contributed by atoms with van der Waals surface area (Å²) in [5, 5.41) is 2.68. The van der Waals surface area contributed by atoms with Crippen molar-refractivity contribution in [3.63, 3.8) is 0 Å². The summed E-state index contributed by atoms with van der Waals surface area (Å²) in [4.78, 5) is 38.0. The number of benzene rings is 2. The molecule has 2 aromatic rings. The Kier molecular flexibility index (Phi) is 6.04. The fraction of sp³-hybridized carbons (Fsp3) is 0.261. The minimum Gasteiger partial charge on any atom is -0.345 e. The van der Waals surface area contributed by atoms with Crippen LogP contribution in [0.4, 0.5) is 5.69 Å². The zero-order chi connectivity index (χ0) is 20.1. The monoisotopic (exact) mass is 376 g/mol. The zero-order valence-electron chi connectivity index (χ0n) is 16.2. The van der Waals surface area contributed by atoms with Crippen molar-refractivity contribution >= 4 is 35.4 Å². The van der Waals surface area contributed by atoms with E-state index in [1.54, 1.807) is 24.0 Å². The number of Topliss-reactive ketones (excluding diaryl/α,β-unsaturated/α-hetero) is 1. The highest BCUT2D eigenvalue weighted by atomic mass is 16.2. The van der Waals surface area contributed by atoms with E-state index in [1.807, 2.05) is 49.4 Å². The Bertz CT molecular complexity index is 947. The van der Waals surface area contributed by atoms with E-state index >= 15 is 0 Å². The summed E-state index contributed by atoms with van der Waals surface area (Å²) in [6.45, 7) is 3.97. The number of carbonyl (C=O) groups is 3. The van der Waals surface area contributed by atoms with Crippen LogP contribution in [0.2, 0.25) is 0 Å². The Labute approximate surface area is 165 Å². The van der Waals surface area contributed by atoms with E-state index in [0.29, 0.717) is 18.5 Å². The molecular weight excluding hydrogens is 352 g/mol. The first-order valence-electron chi connectivity index (χ1n) is 9.47. The number of hydrogen-bond donors (Lipinski definition) is 1. The van der Waals surface area contributed by atoms with Gasteiger partial charge in [0.2, 0.25) is 5.91 Å². The Morgan fingerprint density at radius 3 is 2.54 bits per heavy atom. The SMILES string of the molecule is CCCC(=O)CNC(=O)c1ccc2c(c1)C=Cc1ccccc1N(C(C)=O)C2. The lowest BCUT2D eigenvalue weighted by molar-refractivity contribution is -0.118. The number of anilines is 1. The molecule has 0 saturated heterocycles. The van der Waals surface area contributed by atoms with Crippen molar-refractivity contribution in [2.45, 2.75) is 33.2 Å². The summed E-state index contributed by atoms with van der Waals surface area (Å²) in [5.41, 5.74) is 4.15. The standard InChI is InChI=1S/C23H24N2O3/c1-3-6-21(27)14-24-23(28)19-11-12-20-15-25(16(2)26)22-8-5-4-7-17(22)9-10-18(20)13-19/h4-5,7-13H,3,6,14-15H2,1-2H3,(H,24,28). The lowest BCUT2D eigenvalue weighted by Crippen LogP contribution is -2.30. The van der Waals surface area contributed by atoms with Gasteiger partial charge >= 0.3 is 0 Å². The minimum atomic E-state index is -0.272. The van der Waals surface area contributed by atoms with Crippen LogP contribution in [0.25, 0.3) is 12.2 Å². The lowest BCUT2D eigenvalue weighted by atomic mass is 9.98. The predicted octanol–water partition coefficient (Wildman–Crippen LogP) is 3.82. The number of carbonyl (C=O) groups excluding carboxylic acids is 3. The van der Waals surface area contributed by atoms with Crippen LogP contribution in [0.3, 0.4) is 0 Å². The number of para-hydroxylation sites is 1. The second kappa shape index (κ2) is 8.65. The summed E-state index contributed by atoms with van der Waals surface area (Å²) in [5.74, 6) is -0.285. The maximum absolute atomic E-state index is 12.4. The number of nitrogens with one attached hydrogen (secondary N) is 1. The van der Waals surface area contributed by atoms with Gasteiger partial charge in [-0.2, -0.15) is 0 Å². The Morgan fingerprint density at radius 1 is 1.04 bits per heavy atom. The predicted molar refractivity (Wildman–Crippen MR) is 111 cm³/mol. The first-order chi connectivity index (χ1) is 13.5. The van der Waals surface area contributed by atoms with Gasteiger partial charge in [0.25, 0.3) is 5.91 Å². The van der Waals surface area contributed by atoms with Crippen molar-refractivity contribution in [3.8, 4) is 0 Å². The molecule has 0 bridgehead atoms. The quantitative estimate of drug-likeness (QED) is 0.863. The molecule has 144 valence electrons. The van der Waals surface area contributed by atoms with Gasteiger partial charge < -0.3 is 10.2 Å². The Morgan fingerprint density at radius 2 is 1.79 bits per heavy atom. The fourth-order valence-electron chi connectivity index (χ4n) is 3.27. The summed E-state index contributed by atoms with van der Waals surface area (Å²) in [7, 11) is 0. The van der Waals surface area contributed by atoms with Gasteiger partial charge in [0, 0.05) is 18.9 Å². The summed E-state index contributed by atoms with van der Waals surface area (Å²) in [6, 6.07) is 13.1. The molecule has 5 nitrogen and oxygen atoms in total. The molecular formula is C23H24N2O3. The molecule has 1 aliphatic heterocycles. The van der Waals surface area contributed by atoms with E-state index in [1.165, 1.54) is 0 Å². The normalized spacial score (nSPS) is 12.4. The van der Waals surface area contributed by atoms with Gasteiger partial charge in [-0.05, 0) is 41.3 Å². The van der Waals surface area contributed by atoms with Crippen LogP contribution in [0, 0.1) is 0 Å². The first-order valence-corrected chi connectivity index (χ1v) is 9.47. The second-order valence-electron chi connectivity index (χ2n) is 6.88. The van der Waals surface area contributed by atoms with E-state index in [4.69, 9.17) is 0 Å². The molecule has 1 heterocycles. The van der Waals surface area contributed by atoms with Gasteiger partial charge in [-0.1, -0.05) is 43.3 Å². The van der Waals surface area contributed by atoms with Crippen molar-refractivity contribution in [1.82, 2.24) is 5.32 Å². The number of amides is 2.